The number of aliphatic imine (C=N–C) groups is 1. The number of nitrogens with one attached hydrogen (secondary N) is 1. The SMILES string of the molecule is CSc1ccc(COC(=O)[C@H](C)N=C2NS(=O)(=O)c3ccccc32)cc1. The highest BCUT2D eigenvalue weighted by Crippen LogP contribution is 2.22. The molecular formula is C18H18N2O4S2. The predicted molar refractivity (Wildman–Crippen MR) is 101 cm³/mol. The Hall–Kier alpha value is -2.32. The lowest BCUT2D eigenvalue weighted by atomic mass is 10.2. The molecule has 1 aliphatic rings. The van der Waals surface area contributed by atoms with E-state index in [0.717, 1.165) is 10.5 Å². The third-order valence-corrected chi connectivity index (χ3v) is 6.01. The van der Waals surface area contributed by atoms with Crippen LogP contribution in [0.25, 0.3) is 0 Å². The molecule has 0 unspecified atom stereocenters. The summed E-state index contributed by atoms with van der Waals surface area (Å²) in [5.74, 6) is -0.357. The lowest BCUT2D eigenvalue weighted by molar-refractivity contribution is -0.146. The average molecular weight is 390 g/mol. The van der Waals surface area contributed by atoms with Crippen LogP contribution in [0.4, 0.5) is 0 Å². The zero-order chi connectivity index (χ0) is 18.7. The third-order valence-electron chi connectivity index (χ3n) is 3.87. The number of carbonyl (C=O) groups is 1. The van der Waals surface area contributed by atoms with Crippen LogP contribution in [0.3, 0.4) is 0 Å². The lowest BCUT2D eigenvalue weighted by Crippen LogP contribution is -2.26. The van der Waals surface area contributed by atoms with Gasteiger partial charge in [-0.05, 0) is 43.0 Å². The molecule has 0 spiro atoms. The average Bonchev–Trinajstić information content (AvgIpc) is 2.90. The second kappa shape index (κ2) is 7.51. The van der Waals surface area contributed by atoms with Crippen molar-refractivity contribution in [1.82, 2.24) is 4.72 Å². The van der Waals surface area contributed by atoms with Crippen molar-refractivity contribution >= 4 is 33.6 Å². The van der Waals surface area contributed by atoms with Gasteiger partial charge in [0.05, 0.1) is 4.90 Å². The van der Waals surface area contributed by atoms with E-state index in [0.29, 0.717) is 5.56 Å². The number of thioether (sulfide) groups is 1. The van der Waals surface area contributed by atoms with E-state index in [1.165, 1.54) is 6.07 Å². The zero-order valence-electron chi connectivity index (χ0n) is 14.3. The Kier molecular flexibility index (Phi) is 5.33. The number of fused-ring (bicyclic) bond motifs is 1. The molecule has 1 atom stereocenters. The van der Waals surface area contributed by atoms with E-state index in [4.69, 9.17) is 4.74 Å². The van der Waals surface area contributed by atoms with E-state index in [9.17, 15) is 13.2 Å². The number of carbonyl (C=O) groups excluding carboxylic acids is 1. The largest absolute Gasteiger partial charge is 0.459 e. The van der Waals surface area contributed by atoms with Crippen molar-refractivity contribution in [3.05, 3.63) is 59.7 Å². The minimum absolute atomic E-state index is 0.144. The summed E-state index contributed by atoms with van der Waals surface area (Å²) in [5, 5.41) is 0. The molecule has 8 heteroatoms. The van der Waals surface area contributed by atoms with Gasteiger partial charge in [-0.25, -0.2) is 13.2 Å². The van der Waals surface area contributed by atoms with Gasteiger partial charge in [-0.15, -0.1) is 11.8 Å². The maximum Gasteiger partial charge on any atom is 0.330 e. The summed E-state index contributed by atoms with van der Waals surface area (Å²) >= 11 is 1.64. The molecule has 1 N–H and O–H groups in total. The van der Waals surface area contributed by atoms with Crippen LogP contribution in [-0.2, 0) is 26.2 Å². The molecule has 0 saturated heterocycles. The summed E-state index contributed by atoms with van der Waals surface area (Å²) in [6, 6.07) is 13.4. The molecule has 0 aliphatic carbocycles. The molecule has 6 nitrogen and oxygen atoms in total. The maximum absolute atomic E-state index is 12.2. The van der Waals surface area contributed by atoms with Crippen molar-refractivity contribution in [2.45, 2.75) is 29.4 Å². The zero-order valence-corrected chi connectivity index (χ0v) is 15.9. The fraction of sp³-hybridized carbons (Fsp3) is 0.222. The summed E-state index contributed by atoms with van der Waals surface area (Å²) in [6.45, 7) is 1.71. The van der Waals surface area contributed by atoms with Gasteiger partial charge >= 0.3 is 5.97 Å². The molecule has 136 valence electrons. The highest BCUT2D eigenvalue weighted by Gasteiger charge is 2.31. The molecule has 0 amide bonds. The summed E-state index contributed by atoms with van der Waals surface area (Å²) in [7, 11) is -3.62. The Bertz CT molecular complexity index is 953. The molecule has 2 aromatic carbocycles. The van der Waals surface area contributed by atoms with Crippen LogP contribution >= 0.6 is 11.8 Å². The van der Waals surface area contributed by atoms with Crippen LogP contribution in [0.1, 0.15) is 18.1 Å². The van der Waals surface area contributed by atoms with Crippen LogP contribution in [0.2, 0.25) is 0 Å². The van der Waals surface area contributed by atoms with Gasteiger partial charge in [0.2, 0.25) is 0 Å². The van der Waals surface area contributed by atoms with Gasteiger partial charge in [0.25, 0.3) is 10.0 Å². The van der Waals surface area contributed by atoms with Crippen LogP contribution in [0.15, 0.2) is 63.3 Å². The molecule has 0 radical (unpaired) electrons. The smallest absolute Gasteiger partial charge is 0.330 e. The van der Waals surface area contributed by atoms with Gasteiger partial charge < -0.3 is 4.74 Å². The Balaban J connectivity index is 1.68. The Morgan fingerprint density at radius 2 is 1.88 bits per heavy atom. The second-order valence-electron chi connectivity index (χ2n) is 5.71. The van der Waals surface area contributed by atoms with Crippen molar-refractivity contribution < 1.29 is 17.9 Å². The Morgan fingerprint density at radius 1 is 1.19 bits per heavy atom. The highest BCUT2D eigenvalue weighted by atomic mass is 32.2. The topological polar surface area (TPSA) is 84.8 Å². The molecule has 1 heterocycles. The van der Waals surface area contributed by atoms with E-state index in [-0.39, 0.29) is 17.3 Å². The van der Waals surface area contributed by atoms with Crippen molar-refractivity contribution in [2.75, 3.05) is 6.26 Å². The number of hydrogen-bond donors (Lipinski definition) is 1. The van der Waals surface area contributed by atoms with E-state index < -0.39 is 22.0 Å². The fourth-order valence-electron chi connectivity index (χ4n) is 2.47. The molecule has 2 aromatic rings. The maximum atomic E-state index is 12.2. The number of benzene rings is 2. The molecule has 0 aromatic heterocycles. The van der Waals surface area contributed by atoms with E-state index in [1.807, 2.05) is 30.5 Å². The van der Waals surface area contributed by atoms with Gasteiger partial charge in [-0.2, -0.15) is 0 Å². The monoisotopic (exact) mass is 390 g/mol. The number of esters is 1. The normalized spacial score (nSPS) is 17.4. The van der Waals surface area contributed by atoms with E-state index in [1.54, 1.807) is 36.9 Å². The van der Waals surface area contributed by atoms with Gasteiger partial charge in [-0.3, -0.25) is 9.71 Å². The number of amidine groups is 1. The number of nitrogens with zero attached hydrogens (tertiary/aromatic N) is 1. The van der Waals surface area contributed by atoms with Crippen molar-refractivity contribution in [1.29, 1.82) is 0 Å². The molecule has 1 aliphatic heterocycles. The molecule has 3 rings (SSSR count). The minimum Gasteiger partial charge on any atom is -0.459 e. The summed E-state index contributed by atoms with van der Waals surface area (Å²) in [6.07, 6.45) is 1.99. The van der Waals surface area contributed by atoms with E-state index in [2.05, 4.69) is 9.71 Å². The summed E-state index contributed by atoms with van der Waals surface area (Å²) in [4.78, 5) is 17.7. The first kappa shape index (κ1) is 18.5. The van der Waals surface area contributed by atoms with Gasteiger partial charge in [0.15, 0.2) is 0 Å². The van der Waals surface area contributed by atoms with Crippen LogP contribution in [0.5, 0.6) is 0 Å². The fourth-order valence-corrected chi connectivity index (χ4v) is 4.12. The number of hydrogen-bond acceptors (Lipinski definition) is 6. The lowest BCUT2D eigenvalue weighted by Gasteiger charge is -2.09. The third kappa shape index (κ3) is 3.91. The molecule has 26 heavy (non-hydrogen) atoms. The first-order valence-electron chi connectivity index (χ1n) is 7.90. The Morgan fingerprint density at radius 3 is 2.58 bits per heavy atom. The standard InChI is InChI=1S/C18H18N2O4S2/c1-12(18(21)24-11-13-7-9-14(25-2)10-8-13)19-17-15-5-3-4-6-16(15)26(22,23)20-17/h3-10,12H,11H2,1-2H3,(H,19,20)/t12-/m0/s1. The molecule has 0 fully saturated rings. The van der Waals surface area contributed by atoms with Crippen LogP contribution in [-0.4, -0.2) is 32.5 Å². The number of ether oxygens (including phenoxy) is 1. The molecule has 0 saturated carbocycles. The number of rotatable bonds is 5. The molecule has 0 bridgehead atoms. The highest BCUT2D eigenvalue weighted by molar-refractivity contribution is 7.98. The van der Waals surface area contributed by atoms with Gasteiger partial charge in [0, 0.05) is 10.5 Å². The predicted octanol–water partition coefficient (Wildman–Crippen LogP) is 2.58. The number of sulfonamides is 1. The first-order chi connectivity index (χ1) is 12.4. The quantitative estimate of drug-likeness (QED) is 0.627. The van der Waals surface area contributed by atoms with E-state index >= 15 is 0 Å². The van der Waals surface area contributed by atoms with Crippen LogP contribution < -0.4 is 4.72 Å². The second-order valence-corrected chi connectivity index (χ2v) is 8.24. The van der Waals surface area contributed by atoms with Gasteiger partial charge in [0.1, 0.15) is 18.5 Å². The van der Waals surface area contributed by atoms with Crippen molar-refractivity contribution in [3.8, 4) is 0 Å². The Labute approximate surface area is 156 Å². The van der Waals surface area contributed by atoms with Crippen molar-refractivity contribution in [3.63, 3.8) is 0 Å². The van der Waals surface area contributed by atoms with Crippen LogP contribution in [0, 0.1) is 0 Å². The van der Waals surface area contributed by atoms with Gasteiger partial charge in [-0.1, -0.05) is 24.3 Å². The summed E-state index contributed by atoms with van der Waals surface area (Å²) < 4.78 is 31.8. The molecular weight excluding hydrogens is 372 g/mol. The summed E-state index contributed by atoms with van der Waals surface area (Å²) in [5.41, 5.74) is 1.34. The van der Waals surface area contributed by atoms with Crippen molar-refractivity contribution in [2.24, 2.45) is 4.99 Å². The minimum atomic E-state index is -3.62. The first-order valence-corrected chi connectivity index (χ1v) is 10.6.